The van der Waals surface area contributed by atoms with Gasteiger partial charge < -0.3 is 15.4 Å². The van der Waals surface area contributed by atoms with Crippen molar-refractivity contribution < 1.29 is 27.5 Å². The maximum atomic E-state index is 12.0. The Hall–Kier alpha value is -2.09. The topological polar surface area (TPSA) is 67.4 Å². The number of hydrogen-bond donors (Lipinski definition) is 2. The van der Waals surface area contributed by atoms with E-state index in [1.807, 2.05) is 0 Å². The minimum Gasteiger partial charge on any atom is -0.367 e. The predicted octanol–water partition coefficient (Wildman–Crippen LogP) is 2.93. The molecule has 0 saturated carbocycles. The van der Waals surface area contributed by atoms with E-state index < -0.39 is 18.2 Å². The summed E-state index contributed by atoms with van der Waals surface area (Å²) in [7, 11) is 0. The Morgan fingerprint density at radius 3 is 2.12 bits per heavy atom. The van der Waals surface area contributed by atoms with Crippen LogP contribution in [0.4, 0.5) is 13.2 Å². The molecule has 0 atom stereocenters. The fourth-order valence-electron chi connectivity index (χ4n) is 1.88. The van der Waals surface area contributed by atoms with Gasteiger partial charge in [0.15, 0.2) is 0 Å². The summed E-state index contributed by atoms with van der Waals surface area (Å²) in [5.74, 6) is -0.314. The molecule has 1 aromatic rings. The van der Waals surface area contributed by atoms with E-state index in [-0.39, 0.29) is 31.4 Å². The molecule has 26 heavy (non-hydrogen) atoms. The molecule has 0 aromatic heterocycles. The Kier molecular flexibility index (Phi) is 8.08. The van der Waals surface area contributed by atoms with E-state index in [4.69, 9.17) is 0 Å². The summed E-state index contributed by atoms with van der Waals surface area (Å²) < 4.78 is 40.6. The fourth-order valence-corrected chi connectivity index (χ4v) is 1.88. The van der Waals surface area contributed by atoms with Crippen LogP contribution in [0.1, 0.15) is 38.3 Å². The number of ether oxygens (including phenoxy) is 1. The molecular weight excluding hydrogens is 349 g/mol. The summed E-state index contributed by atoms with van der Waals surface area (Å²) in [4.78, 5) is 23.4. The first-order valence-corrected chi connectivity index (χ1v) is 8.25. The Bertz CT molecular complexity index is 593. The Labute approximate surface area is 151 Å². The molecule has 0 unspecified atom stereocenters. The van der Waals surface area contributed by atoms with Crippen LogP contribution in [0.2, 0.25) is 0 Å². The normalized spacial score (nSPS) is 11.9. The number of nitrogens with one attached hydrogen (secondary N) is 2. The average molecular weight is 374 g/mol. The molecule has 0 aliphatic rings. The average Bonchev–Trinajstić information content (AvgIpc) is 2.52. The standard InChI is InChI=1S/C18H25F3N2O3/c1-17(2,3)16(25)22-9-8-15(24)23-10-13-4-6-14(7-5-13)11-26-12-18(19,20)21/h4-7H,8-12H2,1-3H3,(H,22,25)(H,23,24). The predicted molar refractivity (Wildman–Crippen MR) is 91.1 cm³/mol. The molecule has 0 bridgehead atoms. The number of halogens is 3. The minimum atomic E-state index is -4.34. The number of carbonyl (C=O) groups excluding carboxylic acids is 2. The Morgan fingerprint density at radius 1 is 1.00 bits per heavy atom. The first kappa shape index (κ1) is 22.0. The van der Waals surface area contributed by atoms with E-state index in [0.717, 1.165) is 5.56 Å². The van der Waals surface area contributed by atoms with Crippen LogP contribution < -0.4 is 10.6 Å². The van der Waals surface area contributed by atoms with Crippen molar-refractivity contribution in [3.05, 3.63) is 35.4 Å². The third-order valence-electron chi connectivity index (χ3n) is 3.37. The van der Waals surface area contributed by atoms with Crippen LogP contribution in [0, 0.1) is 5.41 Å². The molecule has 8 heteroatoms. The molecule has 1 rings (SSSR count). The second kappa shape index (κ2) is 9.56. The quantitative estimate of drug-likeness (QED) is 0.735. The zero-order chi connectivity index (χ0) is 19.8. The highest BCUT2D eigenvalue weighted by Gasteiger charge is 2.27. The SMILES string of the molecule is CC(C)(C)C(=O)NCCC(=O)NCc1ccc(COCC(F)(F)F)cc1. The van der Waals surface area contributed by atoms with E-state index in [9.17, 15) is 22.8 Å². The lowest BCUT2D eigenvalue weighted by molar-refractivity contribution is -0.176. The van der Waals surface area contributed by atoms with Crippen molar-refractivity contribution >= 4 is 11.8 Å². The minimum absolute atomic E-state index is 0.117. The molecule has 1 aromatic carbocycles. The maximum absolute atomic E-state index is 12.0. The van der Waals surface area contributed by atoms with Crippen molar-refractivity contribution in [3.63, 3.8) is 0 Å². The fraction of sp³-hybridized carbons (Fsp3) is 0.556. The molecule has 2 N–H and O–H groups in total. The van der Waals surface area contributed by atoms with Crippen molar-refractivity contribution in [2.45, 2.75) is 46.5 Å². The van der Waals surface area contributed by atoms with E-state index >= 15 is 0 Å². The van der Waals surface area contributed by atoms with Gasteiger partial charge in [-0.25, -0.2) is 0 Å². The molecule has 0 aliphatic heterocycles. The lowest BCUT2D eigenvalue weighted by Crippen LogP contribution is -2.37. The number of alkyl halides is 3. The number of rotatable bonds is 8. The molecule has 146 valence electrons. The molecule has 0 heterocycles. The van der Waals surface area contributed by atoms with Gasteiger partial charge in [0.1, 0.15) is 6.61 Å². The highest BCUT2D eigenvalue weighted by molar-refractivity contribution is 5.82. The Balaban J connectivity index is 2.28. The maximum Gasteiger partial charge on any atom is 0.411 e. The zero-order valence-corrected chi connectivity index (χ0v) is 15.2. The number of carbonyl (C=O) groups is 2. The molecule has 0 saturated heterocycles. The number of amides is 2. The monoisotopic (exact) mass is 374 g/mol. The Morgan fingerprint density at radius 2 is 1.58 bits per heavy atom. The lowest BCUT2D eigenvalue weighted by atomic mass is 9.96. The van der Waals surface area contributed by atoms with Gasteiger partial charge in [-0.05, 0) is 11.1 Å². The van der Waals surface area contributed by atoms with Gasteiger partial charge in [0.25, 0.3) is 0 Å². The molecular formula is C18H25F3N2O3. The molecule has 0 fully saturated rings. The van der Waals surface area contributed by atoms with Crippen LogP contribution in [-0.4, -0.2) is 31.1 Å². The van der Waals surface area contributed by atoms with Crippen LogP contribution in [-0.2, 0) is 27.5 Å². The van der Waals surface area contributed by atoms with Crippen molar-refractivity contribution in [2.75, 3.05) is 13.2 Å². The van der Waals surface area contributed by atoms with Gasteiger partial charge in [-0.3, -0.25) is 9.59 Å². The van der Waals surface area contributed by atoms with Gasteiger partial charge in [0.2, 0.25) is 11.8 Å². The van der Waals surface area contributed by atoms with Crippen LogP contribution in [0.25, 0.3) is 0 Å². The molecule has 2 amide bonds. The summed E-state index contributed by atoms with van der Waals surface area (Å²) in [5.41, 5.74) is 0.938. The highest BCUT2D eigenvalue weighted by atomic mass is 19.4. The van der Waals surface area contributed by atoms with Gasteiger partial charge >= 0.3 is 6.18 Å². The highest BCUT2D eigenvalue weighted by Crippen LogP contribution is 2.16. The van der Waals surface area contributed by atoms with Crippen molar-refractivity contribution in [1.82, 2.24) is 10.6 Å². The number of benzene rings is 1. The lowest BCUT2D eigenvalue weighted by Gasteiger charge is -2.17. The van der Waals surface area contributed by atoms with Crippen LogP contribution in [0.3, 0.4) is 0 Å². The van der Waals surface area contributed by atoms with Gasteiger partial charge in [0.05, 0.1) is 6.61 Å². The molecule has 0 aliphatic carbocycles. The van der Waals surface area contributed by atoms with Gasteiger partial charge in [-0.15, -0.1) is 0 Å². The largest absolute Gasteiger partial charge is 0.411 e. The van der Waals surface area contributed by atoms with Crippen molar-refractivity contribution in [2.24, 2.45) is 5.41 Å². The third kappa shape index (κ3) is 9.41. The molecule has 0 radical (unpaired) electrons. The van der Waals surface area contributed by atoms with E-state index in [1.165, 1.54) is 0 Å². The second-order valence-corrected chi connectivity index (χ2v) is 6.96. The van der Waals surface area contributed by atoms with Crippen molar-refractivity contribution in [3.8, 4) is 0 Å². The van der Waals surface area contributed by atoms with Gasteiger partial charge in [-0.1, -0.05) is 45.0 Å². The third-order valence-corrected chi connectivity index (χ3v) is 3.37. The zero-order valence-electron chi connectivity index (χ0n) is 15.2. The summed E-state index contributed by atoms with van der Waals surface area (Å²) in [6.45, 7) is 4.53. The summed E-state index contributed by atoms with van der Waals surface area (Å²) in [6.07, 6.45) is -4.16. The van der Waals surface area contributed by atoms with Crippen LogP contribution >= 0.6 is 0 Å². The van der Waals surface area contributed by atoms with E-state index in [2.05, 4.69) is 15.4 Å². The molecule has 5 nitrogen and oxygen atoms in total. The number of hydrogen-bond acceptors (Lipinski definition) is 3. The van der Waals surface area contributed by atoms with Crippen molar-refractivity contribution in [1.29, 1.82) is 0 Å². The van der Waals surface area contributed by atoms with Gasteiger partial charge in [0, 0.05) is 24.9 Å². The summed E-state index contributed by atoms with van der Waals surface area (Å²) >= 11 is 0. The van der Waals surface area contributed by atoms with E-state index in [0.29, 0.717) is 12.1 Å². The van der Waals surface area contributed by atoms with E-state index in [1.54, 1.807) is 45.0 Å². The van der Waals surface area contributed by atoms with Crippen LogP contribution in [0.5, 0.6) is 0 Å². The first-order valence-electron chi connectivity index (χ1n) is 8.25. The van der Waals surface area contributed by atoms with Gasteiger partial charge in [-0.2, -0.15) is 13.2 Å². The smallest absolute Gasteiger partial charge is 0.367 e. The summed E-state index contributed by atoms with van der Waals surface area (Å²) in [5, 5.41) is 5.42. The molecule has 0 spiro atoms. The van der Waals surface area contributed by atoms with Crippen LogP contribution in [0.15, 0.2) is 24.3 Å². The summed E-state index contributed by atoms with van der Waals surface area (Å²) in [6, 6.07) is 6.74. The first-order chi connectivity index (χ1) is 12.0. The second-order valence-electron chi connectivity index (χ2n) is 6.96.